The van der Waals surface area contributed by atoms with Crippen molar-refractivity contribution in [2.75, 3.05) is 18.6 Å². The lowest BCUT2D eigenvalue weighted by Crippen LogP contribution is -2.19. The Morgan fingerprint density at radius 1 is 1.13 bits per heavy atom. The Morgan fingerprint density at radius 2 is 1.93 bits per heavy atom. The Bertz CT molecular complexity index is 1430. The number of fused-ring (bicyclic) bond motifs is 2. The summed E-state index contributed by atoms with van der Waals surface area (Å²) in [6.07, 6.45) is 4.71. The first-order chi connectivity index (χ1) is 14.2. The molecule has 4 rings (SSSR count). The predicted molar refractivity (Wildman–Crippen MR) is 119 cm³/mol. The molecule has 0 radical (unpaired) electrons. The highest BCUT2D eigenvalue weighted by Gasteiger charge is 2.13. The molecule has 0 unspecified atom stereocenters. The molecule has 0 aliphatic heterocycles. The van der Waals surface area contributed by atoms with Crippen LogP contribution in [0.3, 0.4) is 0 Å². The predicted octanol–water partition coefficient (Wildman–Crippen LogP) is 2.94. The molecule has 0 N–H and O–H groups in total. The summed E-state index contributed by atoms with van der Waals surface area (Å²) in [5.41, 5.74) is 1.69. The fourth-order valence-electron chi connectivity index (χ4n) is 3.14. The van der Waals surface area contributed by atoms with Gasteiger partial charge in [0.05, 0.1) is 29.9 Å². The van der Waals surface area contributed by atoms with Gasteiger partial charge in [0.25, 0.3) is 5.56 Å². The van der Waals surface area contributed by atoms with E-state index in [9.17, 15) is 13.2 Å². The van der Waals surface area contributed by atoms with E-state index < -0.39 is 9.84 Å². The topological polar surface area (TPSA) is 96.1 Å². The van der Waals surface area contributed by atoms with E-state index >= 15 is 0 Å². The third kappa shape index (κ3) is 4.10. The van der Waals surface area contributed by atoms with Gasteiger partial charge in [-0.15, -0.1) is 0 Å². The van der Waals surface area contributed by atoms with Gasteiger partial charge in [0.1, 0.15) is 14.3 Å². The van der Waals surface area contributed by atoms with E-state index in [-0.39, 0.29) is 17.9 Å². The Balaban J connectivity index is 1.76. The minimum Gasteiger partial charge on any atom is -0.478 e. The van der Waals surface area contributed by atoms with Gasteiger partial charge in [-0.3, -0.25) is 14.0 Å². The van der Waals surface area contributed by atoms with Gasteiger partial charge in [-0.2, -0.15) is 5.10 Å². The summed E-state index contributed by atoms with van der Waals surface area (Å²) in [4.78, 5) is 17.4. The van der Waals surface area contributed by atoms with Gasteiger partial charge < -0.3 is 4.74 Å². The van der Waals surface area contributed by atoms with Crippen molar-refractivity contribution >= 4 is 47.6 Å². The molecule has 0 saturated heterocycles. The van der Waals surface area contributed by atoms with Gasteiger partial charge in [-0.05, 0) is 47.1 Å². The van der Waals surface area contributed by atoms with Crippen LogP contribution in [0, 0.1) is 0 Å². The largest absolute Gasteiger partial charge is 0.478 e. The highest BCUT2D eigenvalue weighted by molar-refractivity contribution is 9.10. The van der Waals surface area contributed by atoms with Crippen LogP contribution in [-0.4, -0.2) is 46.4 Å². The zero-order valence-electron chi connectivity index (χ0n) is 16.4. The number of rotatable bonds is 6. The van der Waals surface area contributed by atoms with E-state index in [1.807, 2.05) is 25.1 Å². The summed E-state index contributed by atoms with van der Waals surface area (Å²) in [6.45, 7) is 2.64. The van der Waals surface area contributed by atoms with Gasteiger partial charge >= 0.3 is 0 Å². The fourth-order valence-corrected chi connectivity index (χ4v) is 4.17. The molecule has 8 nitrogen and oxygen atoms in total. The molecule has 0 atom stereocenters. The van der Waals surface area contributed by atoms with E-state index in [1.54, 1.807) is 33.8 Å². The number of hydrogen-bond donors (Lipinski definition) is 0. The number of hydrogen-bond acceptors (Lipinski definition) is 6. The van der Waals surface area contributed by atoms with Crippen molar-refractivity contribution in [2.45, 2.75) is 13.5 Å². The lowest BCUT2D eigenvalue weighted by Gasteiger charge is -2.10. The summed E-state index contributed by atoms with van der Waals surface area (Å²) in [6, 6.07) is 9.08. The highest BCUT2D eigenvalue weighted by atomic mass is 79.9. The van der Waals surface area contributed by atoms with Gasteiger partial charge in [-0.25, -0.2) is 13.4 Å². The zero-order chi connectivity index (χ0) is 21.5. The second-order valence-electron chi connectivity index (χ2n) is 6.90. The molecular formula is C20H19BrN4O4S. The molecule has 0 saturated carbocycles. The van der Waals surface area contributed by atoms with Gasteiger partial charge in [0.15, 0.2) is 0 Å². The third-order valence-corrected chi connectivity index (χ3v) is 6.22. The number of ether oxygens (including phenoxy) is 1. The minimum absolute atomic E-state index is 0.0155. The average Bonchev–Trinajstić information content (AvgIpc) is 3.11. The maximum Gasteiger partial charge on any atom is 0.271 e. The molecule has 30 heavy (non-hydrogen) atoms. The third-order valence-electron chi connectivity index (χ3n) is 4.58. The van der Waals surface area contributed by atoms with E-state index in [0.29, 0.717) is 28.2 Å². The Labute approximate surface area is 181 Å². The molecule has 4 aromatic rings. The van der Waals surface area contributed by atoms with Crippen molar-refractivity contribution in [3.05, 3.63) is 57.6 Å². The number of halogens is 1. The molecule has 0 aliphatic carbocycles. The zero-order valence-corrected chi connectivity index (χ0v) is 18.8. The highest BCUT2D eigenvalue weighted by Crippen LogP contribution is 2.24. The number of aromatic nitrogens is 4. The van der Waals surface area contributed by atoms with Crippen LogP contribution in [0.5, 0.6) is 5.88 Å². The summed E-state index contributed by atoms with van der Waals surface area (Å²) >= 11 is 3.38. The molecule has 0 bridgehead atoms. The smallest absolute Gasteiger partial charge is 0.271 e. The summed E-state index contributed by atoms with van der Waals surface area (Å²) < 4.78 is 31.7. The molecule has 3 aromatic heterocycles. The van der Waals surface area contributed by atoms with Crippen molar-refractivity contribution in [1.29, 1.82) is 0 Å². The van der Waals surface area contributed by atoms with Crippen molar-refractivity contribution in [2.24, 2.45) is 0 Å². The van der Waals surface area contributed by atoms with Crippen LogP contribution in [-0.2, 0) is 16.4 Å². The first-order valence-corrected chi connectivity index (χ1v) is 12.1. The van der Waals surface area contributed by atoms with Gasteiger partial charge in [-0.1, -0.05) is 0 Å². The standard InChI is InChI=1S/C20H19BrN4O4S/c1-3-29-17-7-4-13-12-25(20(26)18(21)19(13)22-17)15-5-6-16-14(10-15)11-24(23-16)8-9-30(2,27)28/h4-7,10-12H,3,8-9H2,1-2H3. The number of aryl methyl sites for hydroxylation is 1. The van der Waals surface area contributed by atoms with Crippen LogP contribution >= 0.6 is 15.9 Å². The first-order valence-electron chi connectivity index (χ1n) is 9.25. The van der Waals surface area contributed by atoms with E-state index in [4.69, 9.17) is 4.74 Å². The molecule has 3 heterocycles. The van der Waals surface area contributed by atoms with Gasteiger partial charge in [0.2, 0.25) is 5.88 Å². The van der Waals surface area contributed by atoms with Crippen molar-refractivity contribution in [3.8, 4) is 11.6 Å². The maximum absolute atomic E-state index is 13.0. The minimum atomic E-state index is -3.08. The molecule has 0 fully saturated rings. The Hall–Kier alpha value is -2.72. The number of nitrogens with zero attached hydrogens (tertiary/aromatic N) is 4. The van der Waals surface area contributed by atoms with Crippen molar-refractivity contribution in [1.82, 2.24) is 19.3 Å². The number of sulfone groups is 1. The van der Waals surface area contributed by atoms with Crippen LogP contribution in [0.25, 0.3) is 27.5 Å². The molecule has 1 aromatic carbocycles. The first kappa shape index (κ1) is 20.5. The van der Waals surface area contributed by atoms with Crippen LogP contribution in [0.2, 0.25) is 0 Å². The second-order valence-corrected chi connectivity index (χ2v) is 9.96. The van der Waals surface area contributed by atoms with Crippen LogP contribution < -0.4 is 10.3 Å². The molecule has 0 aliphatic rings. The average molecular weight is 491 g/mol. The molecule has 0 spiro atoms. The molecular weight excluding hydrogens is 472 g/mol. The fraction of sp³-hybridized carbons (Fsp3) is 0.250. The van der Waals surface area contributed by atoms with Crippen LogP contribution in [0.1, 0.15) is 6.92 Å². The summed E-state index contributed by atoms with van der Waals surface area (Å²) in [5, 5.41) is 6.00. The second kappa shape index (κ2) is 7.84. The molecule has 0 amide bonds. The quantitative estimate of drug-likeness (QED) is 0.412. The normalized spacial score (nSPS) is 12.0. The number of benzene rings is 1. The maximum atomic E-state index is 13.0. The molecule has 156 valence electrons. The SMILES string of the molecule is CCOc1ccc2cn(-c3ccc4nn(CCS(C)(=O)=O)cc4c3)c(=O)c(Br)c2n1. The van der Waals surface area contributed by atoms with Crippen LogP contribution in [0.15, 0.2) is 52.0 Å². The number of pyridine rings is 2. The van der Waals surface area contributed by atoms with E-state index in [2.05, 4.69) is 26.0 Å². The lowest BCUT2D eigenvalue weighted by atomic mass is 10.2. The Morgan fingerprint density at radius 3 is 2.67 bits per heavy atom. The summed E-state index contributed by atoms with van der Waals surface area (Å²) in [7, 11) is -3.08. The van der Waals surface area contributed by atoms with E-state index in [0.717, 1.165) is 16.3 Å². The monoisotopic (exact) mass is 490 g/mol. The van der Waals surface area contributed by atoms with Crippen molar-refractivity contribution in [3.63, 3.8) is 0 Å². The van der Waals surface area contributed by atoms with E-state index in [1.165, 1.54) is 6.26 Å². The summed E-state index contributed by atoms with van der Waals surface area (Å²) in [5.74, 6) is 0.479. The lowest BCUT2D eigenvalue weighted by molar-refractivity contribution is 0.328. The van der Waals surface area contributed by atoms with Crippen LogP contribution in [0.4, 0.5) is 0 Å². The van der Waals surface area contributed by atoms with Gasteiger partial charge in [0, 0.05) is 41.2 Å². The van der Waals surface area contributed by atoms with Crippen molar-refractivity contribution < 1.29 is 13.2 Å². The Kier molecular flexibility index (Phi) is 5.37. The molecule has 10 heteroatoms.